The van der Waals surface area contributed by atoms with Crippen molar-refractivity contribution in [3.8, 4) is 0 Å². The van der Waals surface area contributed by atoms with E-state index in [1.165, 1.54) is 0 Å². The molecule has 7 heteroatoms. The van der Waals surface area contributed by atoms with Crippen molar-refractivity contribution in [2.75, 3.05) is 0 Å². The van der Waals surface area contributed by atoms with E-state index in [4.69, 9.17) is 10.5 Å². The van der Waals surface area contributed by atoms with Gasteiger partial charge in [-0.1, -0.05) is 0 Å². The lowest BCUT2D eigenvalue weighted by Gasteiger charge is -2.28. The van der Waals surface area contributed by atoms with Crippen LogP contribution in [0.5, 0.6) is 0 Å². The molecule has 1 aliphatic carbocycles. The van der Waals surface area contributed by atoms with Crippen LogP contribution in [0.15, 0.2) is 0 Å². The summed E-state index contributed by atoms with van der Waals surface area (Å²) >= 11 is 0. The number of amides is 1. The molecule has 4 nitrogen and oxygen atoms in total. The average molecular weight is 254 g/mol. The summed E-state index contributed by atoms with van der Waals surface area (Å²) in [6.07, 6.45) is -5.18. The van der Waals surface area contributed by atoms with Gasteiger partial charge in [0.2, 0.25) is 0 Å². The second-order valence-corrected chi connectivity index (χ2v) is 5.35. The number of alkyl halides is 3. The van der Waals surface area contributed by atoms with Crippen molar-refractivity contribution in [2.24, 2.45) is 5.73 Å². The van der Waals surface area contributed by atoms with Gasteiger partial charge in [0.25, 0.3) is 0 Å². The molecule has 3 N–H and O–H groups in total. The van der Waals surface area contributed by atoms with Crippen molar-refractivity contribution < 1.29 is 22.7 Å². The van der Waals surface area contributed by atoms with Crippen LogP contribution >= 0.6 is 0 Å². The van der Waals surface area contributed by atoms with Gasteiger partial charge in [0.05, 0.1) is 0 Å². The van der Waals surface area contributed by atoms with Crippen LogP contribution in [0.25, 0.3) is 0 Å². The summed E-state index contributed by atoms with van der Waals surface area (Å²) in [5, 5.41) is 1.80. The third-order valence-corrected chi connectivity index (χ3v) is 2.39. The zero-order chi connectivity index (χ0) is 13.5. The lowest BCUT2D eigenvalue weighted by atomic mass is 10.1. The second-order valence-electron chi connectivity index (χ2n) is 5.35. The molecule has 1 amide bonds. The zero-order valence-electron chi connectivity index (χ0n) is 10.0. The predicted octanol–water partition coefficient (Wildman–Crippen LogP) is 1.93. The third-order valence-electron chi connectivity index (χ3n) is 2.39. The third kappa shape index (κ3) is 4.07. The molecule has 0 aromatic heterocycles. The van der Waals surface area contributed by atoms with Crippen molar-refractivity contribution in [1.29, 1.82) is 0 Å². The van der Waals surface area contributed by atoms with E-state index < -0.39 is 29.5 Å². The Morgan fingerprint density at radius 1 is 1.35 bits per heavy atom. The van der Waals surface area contributed by atoms with Crippen LogP contribution in [0.3, 0.4) is 0 Å². The highest BCUT2D eigenvalue weighted by atomic mass is 19.4. The largest absolute Gasteiger partial charge is 0.444 e. The van der Waals surface area contributed by atoms with Crippen LogP contribution in [0.1, 0.15) is 33.6 Å². The summed E-state index contributed by atoms with van der Waals surface area (Å²) in [6, 6.07) is -2.05. The first-order valence-corrected chi connectivity index (χ1v) is 5.29. The molecule has 1 fully saturated rings. The van der Waals surface area contributed by atoms with Gasteiger partial charge in [-0.25, -0.2) is 4.79 Å². The van der Waals surface area contributed by atoms with Gasteiger partial charge in [0.15, 0.2) is 0 Å². The molecule has 1 aliphatic rings. The van der Waals surface area contributed by atoms with Gasteiger partial charge in [-0.05, 0) is 33.6 Å². The monoisotopic (exact) mass is 254 g/mol. The molecule has 1 unspecified atom stereocenters. The van der Waals surface area contributed by atoms with E-state index in [1.807, 2.05) is 0 Å². The summed E-state index contributed by atoms with van der Waals surface area (Å²) in [5.41, 5.74) is 3.28. The number of halogens is 3. The normalized spacial score (nSPS) is 20.6. The summed E-state index contributed by atoms with van der Waals surface area (Å²) in [4.78, 5) is 11.3. The van der Waals surface area contributed by atoms with Gasteiger partial charge >= 0.3 is 12.3 Å². The van der Waals surface area contributed by atoms with Gasteiger partial charge in [-0.15, -0.1) is 0 Å². The number of carbonyl (C=O) groups is 1. The molecule has 0 aromatic rings. The van der Waals surface area contributed by atoms with Crippen LogP contribution in [-0.4, -0.2) is 29.5 Å². The number of carbonyl (C=O) groups excluding carboxylic acids is 1. The van der Waals surface area contributed by atoms with Crippen molar-refractivity contribution in [3.05, 3.63) is 0 Å². The molecule has 17 heavy (non-hydrogen) atoms. The lowest BCUT2D eigenvalue weighted by molar-refractivity contribution is -0.162. The first-order valence-electron chi connectivity index (χ1n) is 5.29. The number of rotatable bonds is 2. The van der Waals surface area contributed by atoms with E-state index in [0.29, 0.717) is 0 Å². The Morgan fingerprint density at radius 3 is 2.12 bits per heavy atom. The molecule has 100 valence electrons. The van der Waals surface area contributed by atoms with Gasteiger partial charge in [-0.3, -0.25) is 0 Å². The maximum absolute atomic E-state index is 12.7. The minimum absolute atomic E-state index is 0.243. The van der Waals surface area contributed by atoms with Crippen molar-refractivity contribution in [1.82, 2.24) is 5.32 Å². The van der Waals surface area contributed by atoms with Crippen molar-refractivity contribution in [2.45, 2.75) is 57.0 Å². The number of ether oxygens (including phenoxy) is 1. The molecule has 1 saturated carbocycles. The topological polar surface area (TPSA) is 64.3 Å². The van der Waals surface area contributed by atoms with Crippen LogP contribution in [0.2, 0.25) is 0 Å². The number of nitrogens with two attached hydrogens (primary N) is 1. The van der Waals surface area contributed by atoms with E-state index in [1.54, 1.807) is 26.1 Å². The fourth-order valence-electron chi connectivity index (χ4n) is 1.41. The Bertz CT molecular complexity index is 300. The van der Waals surface area contributed by atoms with E-state index in [2.05, 4.69) is 0 Å². The van der Waals surface area contributed by atoms with Crippen LogP contribution in [-0.2, 0) is 4.74 Å². The second kappa shape index (κ2) is 4.04. The van der Waals surface area contributed by atoms with Crippen molar-refractivity contribution in [3.63, 3.8) is 0 Å². The molecule has 1 rings (SSSR count). The molecular formula is C10H17F3N2O2. The molecule has 0 bridgehead atoms. The summed E-state index contributed by atoms with van der Waals surface area (Å²) < 4.78 is 42.9. The standard InChI is InChI=1S/C10H17F3N2O2/c1-8(2,3)17-7(16)15-6(10(11,12)13)9(14)4-5-9/h6H,4-5,14H2,1-3H3,(H,15,16). The first-order chi connectivity index (χ1) is 7.44. The fourth-order valence-corrected chi connectivity index (χ4v) is 1.41. The Hall–Kier alpha value is -0.980. The molecule has 0 radical (unpaired) electrons. The SMILES string of the molecule is CC(C)(C)OC(=O)NC(C(F)(F)F)C1(N)CC1. The summed E-state index contributed by atoms with van der Waals surface area (Å²) in [5.74, 6) is 0. The minimum atomic E-state index is -4.57. The zero-order valence-corrected chi connectivity index (χ0v) is 10.0. The van der Waals surface area contributed by atoms with Gasteiger partial charge in [-0.2, -0.15) is 13.2 Å². The highest BCUT2D eigenvalue weighted by Gasteiger charge is 2.58. The number of hydrogen-bond donors (Lipinski definition) is 2. The smallest absolute Gasteiger partial charge is 0.410 e. The molecule has 0 spiro atoms. The minimum Gasteiger partial charge on any atom is -0.444 e. The number of hydrogen-bond acceptors (Lipinski definition) is 3. The number of alkyl carbamates (subject to hydrolysis) is 1. The molecular weight excluding hydrogens is 237 g/mol. The Morgan fingerprint density at radius 2 is 1.82 bits per heavy atom. The predicted molar refractivity (Wildman–Crippen MR) is 55.4 cm³/mol. The van der Waals surface area contributed by atoms with Gasteiger partial charge in [0, 0.05) is 5.54 Å². The maximum Gasteiger partial charge on any atom is 0.410 e. The Labute approximate surface area is 97.7 Å². The van der Waals surface area contributed by atoms with Gasteiger partial charge in [0.1, 0.15) is 11.6 Å². The highest BCUT2D eigenvalue weighted by Crippen LogP contribution is 2.42. The van der Waals surface area contributed by atoms with Gasteiger partial charge < -0.3 is 15.8 Å². The van der Waals surface area contributed by atoms with E-state index in [9.17, 15) is 18.0 Å². The number of nitrogens with one attached hydrogen (secondary N) is 1. The van der Waals surface area contributed by atoms with E-state index in [0.717, 1.165) is 0 Å². The van der Waals surface area contributed by atoms with Crippen LogP contribution in [0, 0.1) is 0 Å². The molecule has 0 heterocycles. The fraction of sp³-hybridized carbons (Fsp3) is 0.900. The summed E-state index contributed by atoms with van der Waals surface area (Å²) in [7, 11) is 0. The van der Waals surface area contributed by atoms with Crippen LogP contribution in [0.4, 0.5) is 18.0 Å². The summed E-state index contributed by atoms with van der Waals surface area (Å²) in [6.45, 7) is 4.72. The molecule has 1 atom stereocenters. The Balaban J connectivity index is 2.66. The average Bonchev–Trinajstić information content (AvgIpc) is 2.75. The molecule has 0 saturated heterocycles. The quantitative estimate of drug-likeness (QED) is 0.791. The van der Waals surface area contributed by atoms with E-state index >= 15 is 0 Å². The maximum atomic E-state index is 12.7. The molecule has 0 aliphatic heterocycles. The van der Waals surface area contributed by atoms with Crippen molar-refractivity contribution >= 4 is 6.09 Å². The highest BCUT2D eigenvalue weighted by molar-refractivity contribution is 5.68. The molecule has 0 aromatic carbocycles. The lowest BCUT2D eigenvalue weighted by Crippen LogP contribution is -2.58. The van der Waals surface area contributed by atoms with Crippen LogP contribution < -0.4 is 11.1 Å². The first kappa shape index (κ1) is 14.1. The van der Waals surface area contributed by atoms with E-state index in [-0.39, 0.29) is 12.8 Å². The Kier molecular flexibility index (Phi) is 3.35.